The Morgan fingerprint density at radius 3 is 2.58 bits per heavy atom. The molecule has 4 heteroatoms. The van der Waals surface area contributed by atoms with Crippen molar-refractivity contribution < 1.29 is 9.94 Å². The largest absolute Gasteiger partial charge is 0.487 e. The number of hydrogen-bond donors (Lipinski definition) is 1. The first-order valence-electron chi connectivity index (χ1n) is 5.86. The van der Waals surface area contributed by atoms with Crippen LogP contribution >= 0.6 is 11.6 Å². The van der Waals surface area contributed by atoms with Gasteiger partial charge in [0.05, 0.1) is 0 Å². The summed E-state index contributed by atoms with van der Waals surface area (Å²) in [5.41, 5.74) is 2.25. The van der Waals surface area contributed by atoms with E-state index in [1.807, 2.05) is 43.3 Å². The van der Waals surface area contributed by atoms with Crippen LogP contribution in [-0.4, -0.2) is 17.5 Å². The van der Waals surface area contributed by atoms with Crippen LogP contribution in [0.3, 0.4) is 0 Å². The molecule has 0 amide bonds. The maximum absolute atomic E-state index is 9.06. The zero-order valence-electron chi connectivity index (χ0n) is 10.5. The molecule has 2 aromatic rings. The van der Waals surface area contributed by atoms with Crippen LogP contribution < -0.4 is 4.74 Å². The fourth-order valence-electron chi connectivity index (χ4n) is 1.72. The second kappa shape index (κ2) is 6.25. The summed E-state index contributed by atoms with van der Waals surface area (Å²) in [6, 6.07) is 14.8. The lowest BCUT2D eigenvalue weighted by molar-refractivity contribution is 0.308. The van der Waals surface area contributed by atoms with Crippen LogP contribution in [0.25, 0.3) is 0 Å². The number of ether oxygens (including phenoxy) is 1. The standard InChI is InChI=1S/C15H14ClNO2/c1-11-9-13(16)7-8-15(11)19-10-14(17-18)12-5-3-2-4-6-12/h2-9,18H,10H2,1H3/b17-14+. The minimum absolute atomic E-state index is 0.197. The quantitative estimate of drug-likeness (QED) is 0.522. The summed E-state index contributed by atoms with van der Waals surface area (Å²) in [4.78, 5) is 0. The molecule has 0 atom stereocenters. The molecule has 0 aliphatic heterocycles. The van der Waals surface area contributed by atoms with Crippen molar-refractivity contribution in [3.63, 3.8) is 0 Å². The van der Waals surface area contributed by atoms with Crippen molar-refractivity contribution >= 4 is 17.3 Å². The van der Waals surface area contributed by atoms with Crippen molar-refractivity contribution in [2.24, 2.45) is 5.16 Å². The van der Waals surface area contributed by atoms with Gasteiger partial charge in [-0.15, -0.1) is 0 Å². The van der Waals surface area contributed by atoms with Gasteiger partial charge in [-0.2, -0.15) is 0 Å². The molecule has 0 heterocycles. The molecule has 0 aliphatic carbocycles. The number of aryl methyl sites for hydroxylation is 1. The molecule has 19 heavy (non-hydrogen) atoms. The Bertz CT molecular complexity index is 582. The van der Waals surface area contributed by atoms with Gasteiger partial charge in [0.2, 0.25) is 0 Å². The first kappa shape index (κ1) is 13.4. The van der Waals surface area contributed by atoms with E-state index in [2.05, 4.69) is 5.16 Å². The van der Waals surface area contributed by atoms with E-state index >= 15 is 0 Å². The molecule has 0 aromatic heterocycles. The summed E-state index contributed by atoms with van der Waals surface area (Å²) in [5, 5.41) is 13.0. The van der Waals surface area contributed by atoms with Crippen molar-refractivity contribution in [2.75, 3.05) is 6.61 Å². The smallest absolute Gasteiger partial charge is 0.134 e. The van der Waals surface area contributed by atoms with Gasteiger partial charge in [0.15, 0.2) is 0 Å². The summed E-state index contributed by atoms with van der Waals surface area (Å²) in [5.74, 6) is 0.724. The predicted octanol–water partition coefficient (Wildman–Crippen LogP) is 3.91. The Kier molecular flexibility index (Phi) is 4.42. The van der Waals surface area contributed by atoms with E-state index in [9.17, 15) is 0 Å². The maximum atomic E-state index is 9.06. The van der Waals surface area contributed by atoms with Gasteiger partial charge < -0.3 is 9.94 Å². The molecule has 2 rings (SSSR count). The van der Waals surface area contributed by atoms with E-state index < -0.39 is 0 Å². The van der Waals surface area contributed by atoms with E-state index in [1.165, 1.54) is 0 Å². The van der Waals surface area contributed by atoms with Crippen molar-refractivity contribution in [1.82, 2.24) is 0 Å². The third-order valence-electron chi connectivity index (χ3n) is 2.73. The van der Waals surface area contributed by atoms with E-state index in [0.29, 0.717) is 10.7 Å². The van der Waals surface area contributed by atoms with Crippen LogP contribution in [0.15, 0.2) is 53.7 Å². The van der Waals surface area contributed by atoms with Crippen LogP contribution in [0.5, 0.6) is 5.75 Å². The van der Waals surface area contributed by atoms with Gasteiger partial charge in [0, 0.05) is 10.6 Å². The monoisotopic (exact) mass is 275 g/mol. The number of rotatable bonds is 4. The molecule has 0 spiro atoms. The lowest BCUT2D eigenvalue weighted by Gasteiger charge is -2.10. The van der Waals surface area contributed by atoms with Crippen molar-refractivity contribution in [3.8, 4) is 5.75 Å². The molecule has 0 radical (unpaired) electrons. The second-order valence-electron chi connectivity index (χ2n) is 4.11. The van der Waals surface area contributed by atoms with Crippen molar-refractivity contribution in [3.05, 3.63) is 64.7 Å². The average molecular weight is 276 g/mol. The first-order valence-corrected chi connectivity index (χ1v) is 6.24. The highest BCUT2D eigenvalue weighted by Gasteiger charge is 2.06. The molecular formula is C15H14ClNO2. The highest BCUT2D eigenvalue weighted by atomic mass is 35.5. The van der Waals surface area contributed by atoms with Crippen molar-refractivity contribution in [1.29, 1.82) is 0 Å². The van der Waals surface area contributed by atoms with Crippen LogP contribution in [-0.2, 0) is 0 Å². The molecular weight excluding hydrogens is 262 g/mol. The summed E-state index contributed by atoms with van der Waals surface area (Å²) in [6.07, 6.45) is 0. The van der Waals surface area contributed by atoms with Gasteiger partial charge in [0.1, 0.15) is 18.1 Å². The number of hydrogen-bond acceptors (Lipinski definition) is 3. The van der Waals surface area contributed by atoms with Crippen LogP contribution in [0, 0.1) is 6.92 Å². The number of oxime groups is 1. The van der Waals surface area contributed by atoms with Crippen LogP contribution in [0.1, 0.15) is 11.1 Å². The predicted molar refractivity (Wildman–Crippen MR) is 76.4 cm³/mol. The van der Waals surface area contributed by atoms with E-state index in [4.69, 9.17) is 21.5 Å². The molecule has 0 saturated heterocycles. The highest BCUT2D eigenvalue weighted by Crippen LogP contribution is 2.22. The SMILES string of the molecule is Cc1cc(Cl)ccc1OC/C(=N\O)c1ccccc1. The second-order valence-corrected chi connectivity index (χ2v) is 4.55. The summed E-state index contributed by atoms with van der Waals surface area (Å²) < 4.78 is 5.65. The Balaban J connectivity index is 2.09. The molecule has 1 N–H and O–H groups in total. The summed E-state index contributed by atoms with van der Waals surface area (Å²) in [7, 11) is 0. The van der Waals surface area contributed by atoms with Gasteiger partial charge in [-0.3, -0.25) is 0 Å². The lowest BCUT2D eigenvalue weighted by Crippen LogP contribution is -2.13. The highest BCUT2D eigenvalue weighted by molar-refractivity contribution is 6.30. The summed E-state index contributed by atoms with van der Waals surface area (Å²) in [6.45, 7) is 2.11. The van der Waals surface area contributed by atoms with Crippen LogP contribution in [0.2, 0.25) is 5.02 Å². The molecule has 0 saturated carbocycles. The number of benzene rings is 2. The van der Waals surface area contributed by atoms with Gasteiger partial charge >= 0.3 is 0 Å². The van der Waals surface area contributed by atoms with Gasteiger partial charge in [-0.25, -0.2) is 0 Å². The minimum Gasteiger partial charge on any atom is -0.487 e. The Morgan fingerprint density at radius 2 is 1.95 bits per heavy atom. The topological polar surface area (TPSA) is 41.8 Å². The lowest BCUT2D eigenvalue weighted by atomic mass is 10.1. The van der Waals surface area contributed by atoms with Gasteiger partial charge in [-0.1, -0.05) is 47.1 Å². The zero-order valence-corrected chi connectivity index (χ0v) is 11.3. The molecule has 0 bridgehead atoms. The number of halogens is 1. The molecule has 98 valence electrons. The zero-order chi connectivity index (χ0) is 13.7. The Labute approximate surface area is 117 Å². The maximum Gasteiger partial charge on any atom is 0.134 e. The molecule has 0 unspecified atom stereocenters. The van der Waals surface area contributed by atoms with E-state index in [-0.39, 0.29) is 6.61 Å². The molecule has 2 aromatic carbocycles. The summed E-state index contributed by atoms with van der Waals surface area (Å²) >= 11 is 5.88. The normalized spacial score (nSPS) is 11.4. The fourth-order valence-corrected chi connectivity index (χ4v) is 1.95. The van der Waals surface area contributed by atoms with E-state index in [1.54, 1.807) is 12.1 Å². The van der Waals surface area contributed by atoms with E-state index in [0.717, 1.165) is 16.9 Å². The Hall–Kier alpha value is -2.00. The van der Waals surface area contributed by atoms with Gasteiger partial charge in [0.25, 0.3) is 0 Å². The fraction of sp³-hybridized carbons (Fsp3) is 0.133. The van der Waals surface area contributed by atoms with Crippen molar-refractivity contribution in [2.45, 2.75) is 6.92 Å². The van der Waals surface area contributed by atoms with Crippen LogP contribution in [0.4, 0.5) is 0 Å². The third-order valence-corrected chi connectivity index (χ3v) is 2.96. The first-order chi connectivity index (χ1) is 9.20. The molecule has 0 fully saturated rings. The molecule has 0 aliphatic rings. The minimum atomic E-state index is 0.197. The Morgan fingerprint density at radius 1 is 1.21 bits per heavy atom. The van der Waals surface area contributed by atoms with Gasteiger partial charge in [-0.05, 0) is 30.7 Å². The number of nitrogens with zero attached hydrogens (tertiary/aromatic N) is 1. The third kappa shape index (κ3) is 3.48. The molecule has 3 nitrogen and oxygen atoms in total. The average Bonchev–Trinajstić information content (AvgIpc) is 2.43.